The molecular formula is C9H20O. The van der Waals surface area contributed by atoms with Crippen molar-refractivity contribution in [3.63, 3.8) is 0 Å². The third kappa shape index (κ3) is 10.6. The minimum Gasteiger partial charge on any atom is -0.412 e. The van der Waals surface area contributed by atoms with Crippen molar-refractivity contribution >= 4 is 0 Å². The molecule has 0 aliphatic rings. The van der Waals surface area contributed by atoms with Gasteiger partial charge in [-0.3, -0.25) is 0 Å². The lowest BCUT2D eigenvalue weighted by molar-refractivity contribution is 0.638. The Morgan fingerprint density at radius 1 is 1.10 bits per heavy atom. The molecular weight excluding hydrogens is 124 g/mol. The summed E-state index contributed by atoms with van der Waals surface area (Å²) in [5.74, 6) is 0. The Hall–Kier alpha value is -0.300. The van der Waals surface area contributed by atoms with Crippen LogP contribution < -0.4 is 0 Å². The van der Waals surface area contributed by atoms with Crippen LogP contribution >= 0.6 is 0 Å². The number of allylic oxidation sites excluding steroid dienone is 1. The van der Waals surface area contributed by atoms with Crippen molar-refractivity contribution in [1.82, 2.24) is 0 Å². The van der Waals surface area contributed by atoms with Gasteiger partial charge in [-0.1, -0.05) is 38.7 Å². The molecule has 0 atom stereocenters. The molecule has 0 bridgehead atoms. The van der Waals surface area contributed by atoms with E-state index in [0.29, 0.717) is 0 Å². The standard InChI is InChI=1S/C9H18.H2O/c1-3-5-7-9-8-6-4-2;/h3H,1,4-9H2,2H3;1H2. The van der Waals surface area contributed by atoms with Crippen LogP contribution in [0.5, 0.6) is 0 Å². The molecule has 0 aromatic heterocycles. The van der Waals surface area contributed by atoms with E-state index in [0.717, 1.165) is 0 Å². The molecule has 0 aliphatic carbocycles. The molecule has 0 heterocycles. The van der Waals surface area contributed by atoms with Crippen LogP contribution in [0.25, 0.3) is 0 Å². The summed E-state index contributed by atoms with van der Waals surface area (Å²) >= 11 is 0. The monoisotopic (exact) mass is 144 g/mol. The quantitative estimate of drug-likeness (QED) is 0.405. The molecule has 1 nitrogen and oxygen atoms in total. The van der Waals surface area contributed by atoms with E-state index in [1.807, 2.05) is 6.08 Å². The summed E-state index contributed by atoms with van der Waals surface area (Å²) in [5.41, 5.74) is 0. The molecule has 0 amide bonds. The van der Waals surface area contributed by atoms with E-state index in [1.165, 1.54) is 38.5 Å². The van der Waals surface area contributed by atoms with Crippen molar-refractivity contribution in [1.29, 1.82) is 0 Å². The molecule has 0 saturated carbocycles. The summed E-state index contributed by atoms with van der Waals surface area (Å²) < 4.78 is 0. The molecule has 0 rings (SSSR count). The van der Waals surface area contributed by atoms with Gasteiger partial charge >= 0.3 is 0 Å². The predicted molar refractivity (Wildman–Crippen MR) is 47.2 cm³/mol. The van der Waals surface area contributed by atoms with Crippen LogP contribution in [0.4, 0.5) is 0 Å². The van der Waals surface area contributed by atoms with E-state index in [2.05, 4.69) is 13.5 Å². The second-order valence-electron chi connectivity index (χ2n) is 2.49. The predicted octanol–water partition coefficient (Wildman–Crippen LogP) is 2.71. The largest absolute Gasteiger partial charge is 0.412 e. The first-order valence-corrected chi connectivity index (χ1v) is 4.02. The Labute approximate surface area is 64.4 Å². The highest BCUT2D eigenvalue weighted by atomic mass is 16.0. The molecule has 0 spiro atoms. The molecule has 0 aromatic rings. The Balaban J connectivity index is 0. The zero-order valence-electron chi connectivity index (χ0n) is 7.03. The van der Waals surface area contributed by atoms with Gasteiger partial charge < -0.3 is 5.48 Å². The van der Waals surface area contributed by atoms with Crippen molar-refractivity contribution in [2.45, 2.75) is 45.4 Å². The minimum atomic E-state index is 0. The lowest BCUT2D eigenvalue weighted by atomic mass is 10.1. The molecule has 0 unspecified atom stereocenters. The van der Waals surface area contributed by atoms with Crippen LogP contribution in [0.3, 0.4) is 0 Å². The van der Waals surface area contributed by atoms with Crippen LogP contribution in [0.1, 0.15) is 45.4 Å². The van der Waals surface area contributed by atoms with Crippen molar-refractivity contribution in [2.75, 3.05) is 0 Å². The van der Waals surface area contributed by atoms with E-state index < -0.39 is 0 Å². The van der Waals surface area contributed by atoms with Gasteiger partial charge in [-0.15, -0.1) is 6.58 Å². The topological polar surface area (TPSA) is 31.5 Å². The first-order valence-electron chi connectivity index (χ1n) is 4.02. The van der Waals surface area contributed by atoms with Gasteiger partial charge in [0, 0.05) is 0 Å². The van der Waals surface area contributed by atoms with Crippen LogP contribution in [0, 0.1) is 0 Å². The van der Waals surface area contributed by atoms with Crippen LogP contribution in [0.2, 0.25) is 0 Å². The third-order valence-electron chi connectivity index (χ3n) is 1.51. The molecule has 10 heavy (non-hydrogen) atoms. The summed E-state index contributed by atoms with van der Waals surface area (Å²) in [4.78, 5) is 0. The third-order valence-corrected chi connectivity index (χ3v) is 1.51. The van der Waals surface area contributed by atoms with Gasteiger partial charge in [0.15, 0.2) is 0 Å². The SMILES string of the molecule is C=CCCCCCCC.O. The Kier molecular flexibility index (Phi) is 14.2. The first kappa shape index (κ1) is 12.4. The van der Waals surface area contributed by atoms with Gasteiger partial charge in [0.2, 0.25) is 0 Å². The molecule has 0 fully saturated rings. The summed E-state index contributed by atoms with van der Waals surface area (Å²) in [6.45, 7) is 5.92. The normalized spacial score (nSPS) is 8.50. The van der Waals surface area contributed by atoms with E-state index in [-0.39, 0.29) is 5.48 Å². The fourth-order valence-electron chi connectivity index (χ4n) is 0.892. The lowest BCUT2D eigenvalue weighted by Crippen LogP contribution is -1.74. The summed E-state index contributed by atoms with van der Waals surface area (Å²) in [5, 5.41) is 0. The van der Waals surface area contributed by atoms with E-state index in [4.69, 9.17) is 0 Å². The van der Waals surface area contributed by atoms with Crippen LogP contribution in [-0.2, 0) is 0 Å². The van der Waals surface area contributed by atoms with Crippen molar-refractivity contribution in [2.24, 2.45) is 0 Å². The maximum Gasteiger partial charge on any atom is -0.0353 e. The first-order chi connectivity index (χ1) is 4.41. The second-order valence-corrected chi connectivity index (χ2v) is 2.49. The molecule has 2 N–H and O–H groups in total. The lowest BCUT2D eigenvalue weighted by Gasteiger charge is -1.94. The van der Waals surface area contributed by atoms with Gasteiger partial charge in [0.1, 0.15) is 0 Å². The second kappa shape index (κ2) is 11.5. The van der Waals surface area contributed by atoms with E-state index in [9.17, 15) is 0 Å². The maximum absolute atomic E-state index is 3.68. The Morgan fingerprint density at radius 2 is 1.70 bits per heavy atom. The van der Waals surface area contributed by atoms with E-state index >= 15 is 0 Å². The number of rotatable bonds is 6. The van der Waals surface area contributed by atoms with Gasteiger partial charge in [-0.05, 0) is 12.8 Å². The van der Waals surface area contributed by atoms with E-state index in [1.54, 1.807) is 0 Å². The van der Waals surface area contributed by atoms with Gasteiger partial charge in [0.05, 0.1) is 0 Å². The van der Waals surface area contributed by atoms with Gasteiger partial charge in [-0.25, -0.2) is 0 Å². The summed E-state index contributed by atoms with van der Waals surface area (Å²) in [7, 11) is 0. The van der Waals surface area contributed by atoms with Gasteiger partial charge in [0.25, 0.3) is 0 Å². The summed E-state index contributed by atoms with van der Waals surface area (Å²) in [6.07, 6.45) is 10.1. The number of hydrogen-bond acceptors (Lipinski definition) is 0. The molecule has 1 heteroatoms. The molecule has 62 valence electrons. The fourth-order valence-corrected chi connectivity index (χ4v) is 0.892. The molecule has 0 aromatic carbocycles. The van der Waals surface area contributed by atoms with Gasteiger partial charge in [-0.2, -0.15) is 0 Å². The fraction of sp³-hybridized carbons (Fsp3) is 0.778. The Bertz CT molecular complexity index is 59.7. The minimum absolute atomic E-state index is 0. The van der Waals surface area contributed by atoms with Crippen LogP contribution in [0.15, 0.2) is 12.7 Å². The highest BCUT2D eigenvalue weighted by Gasteiger charge is 1.84. The highest BCUT2D eigenvalue weighted by molar-refractivity contribution is 4.65. The zero-order valence-corrected chi connectivity index (χ0v) is 7.03. The smallest absolute Gasteiger partial charge is 0.0353 e. The average molecular weight is 144 g/mol. The number of hydrogen-bond donors (Lipinski definition) is 0. The summed E-state index contributed by atoms with van der Waals surface area (Å²) in [6, 6.07) is 0. The molecule has 0 saturated heterocycles. The average Bonchev–Trinajstić information content (AvgIpc) is 1.89. The molecule has 0 radical (unpaired) electrons. The maximum atomic E-state index is 3.68. The Morgan fingerprint density at radius 3 is 2.20 bits per heavy atom. The van der Waals surface area contributed by atoms with Crippen molar-refractivity contribution in [3.05, 3.63) is 12.7 Å². The number of unbranched alkanes of at least 4 members (excludes halogenated alkanes) is 5. The van der Waals surface area contributed by atoms with Crippen molar-refractivity contribution in [3.8, 4) is 0 Å². The molecule has 0 aliphatic heterocycles. The van der Waals surface area contributed by atoms with Crippen molar-refractivity contribution < 1.29 is 5.48 Å². The zero-order chi connectivity index (χ0) is 6.95. The highest BCUT2D eigenvalue weighted by Crippen LogP contribution is 2.04. The van der Waals surface area contributed by atoms with Crippen LogP contribution in [-0.4, -0.2) is 5.48 Å².